The maximum Gasteiger partial charge on any atom is 0.215 e. The summed E-state index contributed by atoms with van der Waals surface area (Å²) in [5, 5.41) is 17.8. The normalized spacial score (nSPS) is 11.3. The number of ether oxygens (including phenoxy) is 2. The number of rotatable bonds is 4. The minimum absolute atomic E-state index is 0. The van der Waals surface area contributed by atoms with Crippen LogP contribution < -0.4 is 4.74 Å². The molecular weight excluding hydrogens is 265 g/mol. The Balaban J connectivity index is 0.00000256. The number of hydrogen-bond acceptors (Lipinski definition) is 4. The van der Waals surface area contributed by atoms with Gasteiger partial charge in [0.2, 0.25) is 5.90 Å². The van der Waals surface area contributed by atoms with Crippen molar-refractivity contribution in [2.45, 2.75) is 13.0 Å². The summed E-state index contributed by atoms with van der Waals surface area (Å²) in [6.07, 6.45) is -1.16. The van der Waals surface area contributed by atoms with Crippen LogP contribution in [0.3, 0.4) is 0 Å². The molecule has 0 radical (unpaired) electrons. The van der Waals surface area contributed by atoms with Crippen LogP contribution in [0.2, 0.25) is 5.02 Å². The van der Waals surface area contributed by atoms with E-state index >= 15 is 0 Å². The molecule has 0 saturated heterocycles. The van der Waals surface area contributed by atoms with E-state index in [0.29, 0.717) is 22.9 Å². The number of halogens is 2. The summed E-state index contributed by atoms with van der Waals surface area (Å²) in [6, 6.07) is 4.85. The minimum atomic E-state index is -1.16. The summed E-state index contributed by atoms with van der Waals surface area (Å²) in [5.74, 6) is 0.254. The van der Waals surface area contributed by atoms with Gasteiger partial charge in [-0.25, -0.2) is 0 Å². The quantitative estimate of drug-likeness (QED) is 0.658. The summed E-state index contributed by atoms with van der Waals surface area (Å²) in [7, 11) is 1.49. The van der Waals surface area contributed by atoms with Crippen molar-refractivity contribution in [2.24, 2.45) is 0 Å². The van der Waals surface area contributed by atoms with E-state index < -0.39 is 6.10 Å². The van der Waals surface area contributed by atoms with Gasteiger partial charge in [-0.1, -0.05) is 11.6 Å². The van der Waals surface area contributed by atoms with Gasteiger partial charge in [0.15, 0.2) is 6.10 Å². The van der Waals surface area contributed by atoms with Crippen LogP contribution in [0, 0.1) is 5.41 Å². The molecule has 0 fully saturated rings. The van der Waals surface area contributed by atoms with Gasteiger partial charge in [-0.05, 0) is 25.1 Å². The van der Waals surface area contributed by atoms with Crippen LogP contribution in [-0.4, -0.2) is 24.7 Å². The molecule has 0 aliphatic rings. The largest absolute Gasteiger partial charge is 0.496 e. The van der Waals surface area contributed by atoms with E-state index in [9.17, 15) is 5.11 Å². The van der Waals surface area contributed by atoms with Crippen molar-refractivity contribution >= 4 is 29.9 Å². The minimum Gasteiger partial charge on any atom is -0.496 e. The number of aliphatic hydroxyl groups is 1. The zero-order valence-electron chi connectivity index (χ0n) is 9.57. The molecule has 0 aliphatic heterocycles. The first-order valence-corrected chi connectivity index (χ1v) is 5.20. The average molecular weight is 280 g/mol. The fourth-order valence-corrected chi connectivity index (χ4v) is 1.48. The van der Waals surface area contributed by atoms with Crippen molar-refractivity contribution in [2.75, 3.05) is 13.7 Å². The maximum atomic E-state index is 9.87. The van der Waals surface area contributed by atoms with Gasteiger partial charge in [0.05, 0.1) is 13.7 Å². The fourth-order valence-electron chi connectivity index (χ4n) is 1.29. The monoisotopic (exact) mass is 279 g/mol. The molecule has 0 amide bonds. The third kappa shape index (κ3) is 4.07. The Morgan fingerprint density at radius 1 is 1.53 bits per heavy atom. The zero-order valence-corrected chi connectivity index (χ0v) is 11.1. The third-order valence-electron chi connectivity index (χ3n) is 2.03. The first-order valence-electron chi connectivity index (χ1n) is 4.82. The van der Waals surface area contributed by atoms with Crippen LogP contribution in [0.5, 0.6) is 5.75 Å². The van der Waals surface area contributed by atoms with Gasteiger partial charge in [-0.2, -0.15) is 0 Å². The molecule has 1 aromatic carbocycles. The molecule has 0 aliphatic carbocycles. The van der Waals surface area contributed by atoms with Gasteiger partial charge >= 0.3 is 0 Å². The lowest BCUT2D eigenvalue weighted by atomic mass is 10.1. The molecule has 6 heteroatoms. The molecule has 1 rings (SSSR count). The highest BCUT2D eigenvalue weighted by Crippen LogP contribution is 2.28. The second-order valence-corrected chi connectivity index (χ2v) is 3.52. The lowest BCUT2D eigenvalue weighted by Gasteiger charge is -2.15. The second-order valence-electron chi connectivity index (χ2n) is 3.09. The lowest BCUT2D eigenvalue weighted by molar-refractivity contribution is 0.187. The van der Waals surface area contributed by atoms with Crippen LogP contribution >= 0.6 is 24.0 Å². The summed E-state index contributed by atoms with van der Waals surface area (Å²) < 4.78 is 10.0. The molecule has 0 aromatic heterocycles. The number of aliphatic hydroxyl groups excluding tert-OH is 1. The van der Waals surface area contributed by atoms with E-state index in [1.807, 2.05) is 0 Å². The highest BCUT2D eigenvalue weighted by atomic mass is 35.5. The number of nitrogens with one attached hydrogen (secondary N) is 1. The highest BCUT2D eigenvalue weighted by molar-refractivity contribution is 6.30. The molecule has 0 bridgehead atoms. The summed E-state index contributed by atoms with van der Waals surface area (Å²) >= 11 is 5.82. The predicted molar refractivity (Wildman–Crippen MR) is 69.6 cm³/mol. The highest BCUT2D eigenvalue weighted by Gasteiger charge is 2.19. The van der Waals surface area contributed by atoms with Crippen molar-refractivity contribution in [3.8, 4) is 5.75 Å². The van der Waals surface area contributed by atoms with Crippen LogP contribution in [0.15, 0.2) is 18.2 Å². The summed E-state index contributed by atoms with van der Waals surface area (Å²) in [5.41, 5.74) is 0.424. The van der Waals surface area contributed by atoms with E-state index in [1.165, 1.54) is 7.11 Å². The van der Waals surface area contributed by atoms with Gasteiger partial charge in [0, 0.05) is 10.6 Å². The first-order chi connectivity index (χ1) is 7.60. The number of methoxy groups -OCH3 is 1. The molecule has 17 heavy (non-hydrogen) atoms. The zero-order chi connectivity index (χ0) is 12.1. The van der Waals surface area contributed by atoms with Crippen LogP contribution in [0.25, 0.3) is 0 Å². The third-order valence-corrected chi connectivity index (χ3v) is 2.27. The standard InChI is InChI=1S/C11H14ClNO3.ClH/c1-3-16-11(13)10(14)8-6-7(12)4-5-9(8)15-2;/h4-6,10,13-14H,3H2,1-2H3;1H. The number of hydrogen-bond donors (Lipinski definition) is 2. The molecule has 1 unspecified atom stereocenters. The second kappa shape index (κ2) is 7.37. The van der Waals surface area contributed by atoms with E-state index in [0.717, 1.165) is 0 Å². The van der Waals surface area contributed by atoms with Gasteiger partial charge in [0.1, 0.15) is 5.75 Å². The van der Waals surface area contributed by atoms with E-state index in [-0.39, 0.29) is 18.3 Å². The molecule has 0 saturated carbocycles. The Morgan fingerprint density at radius 2 is 2.18 bits per heavy atom. The Kier molecular flexibility index (Phi) is 6.95. The smallest absolute Gasteiger partial charge is 0.215 e. The van der Waals surface area contributed by atoms with Gasteiger partial charge in [-0.3, -0.25) is 5.41 Å². The molecule has 1 aromatic rings. The Morgan fingerprint density at radius 3 is 2.71 bits per heavy atom. The van der Waals surface area contributed by atoms with E-state index in [1.54, 1.807) is 25.1 Å². The van der Waals surface area contributed by atoms with Gasteiger partial charge in [-0.15, -0.1) is 12.4 Å². The maximum absolute atomic E-state index is 9.87. The van der Waals surface area contributed by atoms with E-state index in [4.69, 9.17) is 26.5 Å². The summed E-state index contributed by atoms with van der Waals surface area (Å²) in [6.45, 7) is 2.08. The number of benzene rings is 1. The Labute approximate surface area is 111 Å². The first kappa shape index (κ1) is 16.0. The molecule has 2 N–H and O–H groups in total. The van der Waals surface area contributed by atoms with Crippen LogP contribution in [0.4, 0.5) is 0 Å². The molecule has 1 atom stereocenters. The topological polar surface area (TPSA) is 62.5 Å². The van der Waals surface area contributed by atoms with E-state index in [2.05, 4.69) is 0 Å². The van der Waals surface area contributed by atoms with Crippen molar-refractivity contribution in [3.63, 3.8) is 0 Å². The predicted octanol–water partition coefficient (Wildman–Crippen LogP) is 2.82. The molecule has 0 heterocycles. The average Bonchev–Trinajstić information content (AvgIpc) is 2.28. The van der Waals surface area contributed by atoms with Crippen LogP contribution in [0.1, 0.15) is 18.6 Å². The van der Waals surface area contributed by atoms with Crippen molar-refractivity contribution in [1.82, 2.24) is 0 Å². The van der Waals surface area contributed by atoms with Crippen LogP contribution in [-0.2, 0) is 4.74 Å². The molecule has 96 valence electrons. The molecule has 4 nitrogen and oxygen atoms in total. The fraction of sp³-hybridized carbons (Fsp3) is 0.364. The Bertz CT molecular complexity index is 385. The van der Waals surface area contributed by atoms with Crippen molar-refractivity contribution in [3.05, 3.63) is 28.8 Å². The molecular formula is C11H15Cl2NO3. The van der Waals surface area contributed by atoms with Gasteiger partial charge in [0.25, 0.3) is 0 Å². The Hall–Kier alpha value is -0.970. The summed E-state index contributed by atoms with van der Waals surface area (Å²) in [4.78, 5) is 0. The van der Waals surface area contributed by atoms with Crippen molar-refractivity contribution < 1.29 is 14.6 Å². The van der Waals surface area contributed by atoms with Gasteiger partial charge < -0.3 is 14.6 Å². The molecule has 0 spiro atoms. The van der Waals surface area contributed by atoms with Crippen molar-refractivity contribution in [1.29, 1.82) is 5.41 Å². The lowest BCUT2D eigenvalue weighted by Crippen LogP contribution is -2.15. The SMILES string of the molecule is CCOC(=N)C(O)c1cc(Cl)ccc1OC.Cl.